The van der Waals surface area contributed by atoms with Crippen molar-refractivity contribution in [3.05, 3.63) is 71.6 Å². The third-order valence-electron chi connectivity index (χ3n) is 5.92. The maximum atomic E-state index is 13.3. The molecular formula is C24H26N8O. The van der Waals surface area contributed by atoms with Crippen molar-refractivity contribution < 1.29 is 4.79 Å². The number of amides is 1. The summed E-state index contributed by atoms with van der Waals surface area (Å²) in [6.07, 6.45) is 5.52. The molecule has 1 amide bonds. The fourth-order valence-corrected chi connectivity index (χ4v) is 4.22. The molecule has 0 aromatic carbocycles. The van der Waals surface area contributed by atoms with Gasteiger partial charge >= 0.3 is 0 Å². The summed E-state index contributed by atoms with van der Waals surface area (Å²) in [5, 5.41) is 7.36. The van der Waals surface area contributed by atoms with E-state index >= 15 is 0 Å². The normalized spacial score (nSPS) is 15.6. The van der Waals surface area contributed by atoms with Crippen LogP contribution in [0.4, 0.5) is 11.8 Å². The van der Waals surface area contributed by atoms with Crippen molar-refractivity contribution in [2.75, 3.05) is 11.9 Å². The Morgan fingerprint density at radius 2 is 2.03 bits per heavy atom. The molecular weight excluding hydrogens is 416 g/mol. The van der Waals surface area contributed by atoms with E-state index in [4.69, 9.17) is 4.98 Å². The van der Waals surface area contributed by atoms with Crippen LogP contribution in [0.5, 0.6) is 0 Å². The number of nitrogens with zero attached hydrogens (tertiary/aromatic N) is 7. The molecule has 5 rings (SSSR count). The lowest BCUT2D eigenvalue weighted by molar-refractivity contribution is 0.0659. The Morgan fingerprint density at radius 1 is 1.18 bits per heavy atom. The summed E-state index contributed by atoms with van der Waals surface area (Å²) in [7, 11) is 1.85. The van der Waals surface area contributed by atoms with Gasteiger partial charge in [-0.25, -0.2) is 9.97 Å². The molecule has 0 aliphatic carbocycles. The quantitative estimate of drug-likeness (QED) is 0.507. The van der Waals surface area contributed by atoms with Crippen LogP contribution in [0.25, 0.3) is 11.3 Å². The van der Waals surface area contributed by atoms with Crippen molar-refractivity contribution in [3.8, 4) is 11.3 Å². The minimum atomic E-state index is 0.00241. The summed E-state index contributed by atoms with van der Waals surface area (Å²) in [5.74, 6) is 1.28. The molecule has 1 unspecified atom stereocenters. The zero-order valence-electron chi connectivity index (χ0n) is 19.1. The molecule has 1 atom stereocenters. The van der Waals surface area contributed by atoms with E-state index in [1.165, 1.54) is 0 Å². The van der Waals surface area contributed by atoms with Crippen LogP contribution in [0.3, 0.4) is 0 Å². The van der Waals surface area contributed by atoms with Crippen LogP contribution in [0, 0.1) is 13.8 Å². The third-order valence-corrected chi connectivity index (χ3v) is 5.92. The maximum absolute atomic E-state index is 13.3. The molecule has 0 bridgehead atoms. The van der Waals surface area contributed by atoms with Crippen molar-refractivity contribution in [3.63, 3.8) is 0 Å². The van der Waals surface area contributed by atoms with Crippen molar-refractivity contribution in [1.29, 1.82) is 0 Å². The highest BCUT2D eigenvalue weighted by Gasteiger charge is 2.30. The van der Waals surface area contributed by atoms with E-state index in [1.54, 1.807) is 17.1 Å². The average Bonchev–Trinajstić information content (AvgIpc) is 3.40. The lowest BCUT2D eigenvalue weighted by Crippen LogP contribution is -2.41. The summed E-state index contributed by atoms with van der Waals surface area (Å²) in [6, 6.07) is 9.83. The van der Waals surface area contributed by atoms with Gasteiger partial charge in [0.15, 0.2) is 0 Å². The smallest absolute Gasteiger partial charge is 0.270 e. The number of aromatic nitrogens is 6. The van der Waals surface area contributed by atoms with Gasteiger partial charge in [-0.3, -0.25) is 14.5 Å². The van der Waals surface area contributed by atoms with Crippen molar-refractivity contribution in [1.82, 2.24) is 34.2 Å². The fraction of sp³-hybridized carbons (Fsp3) is 0.292. The van der Waals surface area contributed by atoms with Crippen LogP contribution >= 0.6 is 0 Å². The number of carbonyl (C=O) groups excluding carboxylic acids is 1. The number of anilines is 2. The number of nitrogens with one attached hydrogen (secondary N) is 1. The van der Waals surface area contributed by atoms with Gasteiger partial charge in [0.25, 0.3) is 5.91 Å². The number of hydrogen-bond donors (Lipinski definition) is 1. The summed E-state index contributed by atoms with van der Waals surface area (Å²) in [4.78, 5) is 28.9. The molecule has 1 aliphatic rings. The highest BCUT2D eigenvalue weighted by molar-refractivity contribution is 5.95. The summed E-state index contributed by atoms with van der Waals surface area (Å²) in [5.41, 5.74) is 5.14. The van der Waals surface area contributed by atoms with E-state index in [9.17, 15) is 4.79 Å². The van der Waals surface area contributed by atoms with Crippen LogP contribution in [0.1, 0.15) is 40.4 Å². The van der Waals surface area contributed by atoms with Crippen LogP contribution < -0.4 is 5.32 Å². The number of fused-ring (bicyclic) bond motifs is 1. The zero-order valence-corrected chi connectivity index (χ0v) is 19.1. The van der Waals surface area contributed by atoms with Crippen LogP contribution in [-0.2, 0) is 13.6 Å². The zero-order chi connectivity index (χ0) is 23.1. The Balaban J connectivity index is 1.45. The standard InChI is InChI=1S/C24H26N8O/c1-15-11-25-24(28-21-8-9-26-30(21)4)29-22(15)18-10-20-23(33)31(12-17(3)32(20)13-18)14-19-7-5-6-16(2)27-19/h5-11,13,17H,12,14H2,1-4H3,(H,25,28,29). The molecule has 4 aromatic heterocycles. The Bertz CT molecular complexity index is 1340. The van der Waals surface area contributed by atoms with E-state index in [1.807, 2.05) is 66.9 Å². The van der Waals surface area contributed by atoms with Crippen molar-refractivity contribution in [2.45, 2.75) is 33.4 Å². The predicted octanol–water partition coefficient (Wildman–Crippen LogP) is 3.65. The van der Waals surface area contributed by atoms with Gasteiger partial charge < -0.3 is 14.8 Å². The first-order chi connectivity index (χ1) is 15.9. The Morgan fingerprint density at radius 3 is 2.79 bits per heavy atom. The SMILES string of the molecule is Cc1cccc(CN2CC(C)n3cc(-c4nc(Nc5ccnn5C)ncc4C)cc3C2=O)n1. The molecule has 0 radical (unpaired) electrons. The van der Waals surface area contributed by atoms with Crippen LogP contribution in [-0.4, -0.2) is 46.7 Å². The van der Waals surface area contributed by atoms with Gasteiger partial charge in [-0.15, -0.1) is 0 Å². The number of hydrogen-bond acceptors (Lipinski definition) is 6. The lowest BCUT2D eigenvalue weighted by atomic mass is 10.1. The molecule has 4 aromatic rings. The van der Waals surface area contributed by atoms with Crippen molar-refractivity contribution >= 4 is 17.7 Å². The molecule has 1 aliphatic heterocycles. The summed E-state index contributed by atoms with van der Waals surface area (Å²) < 4.78 is 3.77. The summed E-state index contributed by atoms with van der Waals surface area (Å²) >= 11 is 0. The number of rotatable bonds is 5. The molecule has 9 heteroatoms. The number of pyridine rings is 1. The predicted molar refractivity (Wildman–Crippen MR) is 125 cm³/mol. The second-order valence-corrected chi connectivity index (χ2v) is 8.52. The molecule has 0 fully saturated rings. The van der Waals surface area contributed by atoms with Gasteiger partial charge in [0.1, 0.15) is 11.5 Å². The molecule has 9 nitrogen and oxygen atoms in total. The van der Waals surface area contributed by atoms with Gasteiger partial charge in [0.05, 0.1) is 24.1 Å². The van der Waals surface area contributed by atoms with E-state index in [2.05, 4.69) is 27.3 Å². The Hall–Kier alpha value is -4.01. The van der Waals surface area contributed by atoms with Gasteiger partial charge in [0, 0.05) is 49.4 Å². The molecule has 1 N–H and O–H groups in total. The largest absolute Gasteiger partial charge is 0.338 e. The highest BCUT2D eigenvalue weighted by Crippen LogP contribution is 2.31. The number of carbonyl (C=O) groups is 1. The van der Waals surface area contributed by atoms with Gasteiger partial charge in [-0.05, 0) is 44.5 Å². The van der Waals surface area contributed by atoms with E-state index < -0.39 is 0 Å². The lowest BCUT2D eigenvalue weighted by Gasteiger charge is -2.32. The minimum Gasteiger partial charge on any atom is -0.338 e. The average molecular weight is 443 g/mol. The van der Waals surface area contributed by atoms with Gasteiger partial charge in [-0.1, -0.05) is 6.07 Å². The molecule has 0 saturated carbocycles. The van der Waals surface area contributed by atoms with Crippen LogP contribution in [0.15, 0.2) is 48.9 Å². The molecule has 168 valence electrons. The van der Waals surface area contributed by atoms with E-state index in [0.29, 0.717) is 24.7 Å². The first-order valence-electron chi connectivity index (χ1n) is 10.9. The molecule has 0 saturated heterocycles. The molecule has 5 heterocycles. The highest BCUT2D eigenvalue weighted by atomic mass is 16.2. The summed E-state index contributed by atoms with van der Waals surface area (Å²) in [6.45, 7) is 7.19. The van der Waals surface area contributed by atoms with Crippen molar-refractivity contribution in [2.24, 2.45) is 7.05 Å². The maximum Gasteiger partial charge on any atom is 0.270 e. The van der Waals surface area contributed by atoms with Crippen LogP contribution in [0.2, 0.25) is 0 Å². The monoisotopic (exact) mass is 442 g/mol. The first-order valence-corrected chi connectivity index (χ1v) is 10.9. The Labute approximate surface area is 192 Å². The van der Waals surface area contributed by atoms with E-state index in [0.717, 1.165) is 34.0 Å². The second-order valence-electron chi connectivity index (χ2n) is 8.52. The van der Waals surface area contributed by atoms with Gasteiger partial charge in [0.2, 0.25) is 5.95 Å². The topological polar surface area (TPSA) is 93.8 Å². The second kappa shape index (κ2) is 8.16. The fourth-order valence-electron chi connectivity index (χ4n) is 4.22. The minimum absolute atomic E-state index is 0.00241. The number of aryl methyl sites for hydroxylation is 3. The first kappa shape index (κ1) is 20.9. The van der Waals surface area contributed by atoms with E-state index in [-0.39, 0.29) is 11.9 Å². The molecule has 0 spiro atoms. The molecule has 33 heavy (non-hydrogen) atoms. The van der Waals surface area contributed by atoms with Gasteiger partial charge in [-0.2, -0.15) is 5.10 Å². The third kappa shape index (κ3) is 3.97. The Kier molecular flexibility index (Phi) is 5.16.